The van der Waals surface area contributed by atoms with Crippen molar-refractivity contribution in [3.05, 3.63) is 66.7 Å². The summed E-state index contributed by atoms with van der Waals surface area (Å²) >= 11 is 5.70. The third-order valence-electron chi connectivity index (χ3n) is 2.84. The minimum absolute atomic E-state index is 0.0848. The van der Waals surface area contributed by atoms with E-state index in [1.165, 1.54) is 0 Å². The van der Waals surface area contributed by atoms with Crippen LogP contribution in [0, 0.1) is 17.4 Å². The van der Waals surface area contributed by atoms with E-state index >= 15 is 0 Å². The minimum atomic E-state index is 0.0848. The van der Waals surface area contributed by atoms with Gasteiger partial charge in [-0.05, 0) is 71.8 Å². The molecule has 18 heavy (non-hydrogen) atoms. The van der Waals surface area contributed by atoms with Crippen LogP contribution in [0.2, 0.25) is 0 Å². The van der Waals surface area contributed by atoms with Crippen molar-refractivity contribution in [2.24, 2.45) is 0 Å². The van der Waals surface area contributed by atoms with Gasteiger partial charge in [0.15, 0.2) is 5.78 Å². The van der Waals surface area contributed by atoms with Gasteiger partial charge in [-0.25, -0.2) is 0 Å². The van der Waals surface area contributed by atoms with Crippen molar-refractivity contribution in [3.63, 3.8) is 0 Å². The Bertz CT molecular complexity index is 620. The van der Waals surface area contributed by atoms with Gasteiger partial charge in [-0.1, -0.05) is 28.1 Å². The number of carbonyl (C=O) groups is 1. The molecule has 0 aliphatic rings. The highest BCUT2D eigenvalue weighted by Gasteiger charge is 2.13. The lowest BCUT2D eigenvalue weighted by Gasteiger charge is -2.08. The molecule has 0 unspecified atom stereocenters. The topological polar surface area (TPSA) is 17.1 Å². The number of hydrogen-bond acceptors (Lipinski definition) is 1. The zero-order chi connectivity index (χ0) is 13.3. The highest BCUT2D eigenvalue weighted by molar-refractivity contribution is 14.1. The quantitative estimate of drug-likeness (QED) is 0.504. The average Bonchev–Trinajstić information content (AvgIpc) is 2.33. The zero-order valence-corrected chi connectivity index (χ0v) is 13.9. The number of carbonyl (C=O) groups excluding carboxylic acids is 1. The summed E-state index contributed by atoms with van der Waals surface area (Å²) < 4.78 is 2.11. The molecule has 92 valence electrons. The number of aryl methyl sites for hydroxylation is 2. The van der Waals surface area contributed by atoms with Crippen LogP contribution in [0.5, 0.6) is 0 Å². The summed E-state index contributed by atoms with van der Waals surface area (Å²) in [5.41, 5.74) is 3.59. The molecule has 0 saturated heterocycles. The summed E-state index contributed by atoms with van der Waals surface area (Å²) in [6, 6.07) is 11.6. The molecule has 0 aliphatic carbocycles. The fourth-order valence-electron chi connectivity index (χ4n) is 1.81. The first-order chi connectivity index (χ1) is 8.49. The fourth-order valence-corrected chi connectivity index (χ4v) is 2.81. The minimum Gasteiger partial charge on any atom is -0.289 e. The number of hydrogen-bond donors (Lipinski definition) is 0. The molecule has 2 aromatic rings. The third-order valence-corrected chi connectivity index (χ3v) is 4.36. The average molecular weight is 415 g/mol. The van der Waals surface area contributed by atoms with Crippen LogP contribution < -0.4 is 0 Å². The van der Waals surface area contributed by atoms with E-state index in [0.717, 1.165) is 30.3 Å². The van der Waals surface area contributed by atoms with Crippen molar-refractivity contribution >= 4 is 44.3 Å². The van der Waals surface area contributed by atoms with Gasteiger partial charge in [-0.2, -0.15) is 0 Å². The van der Waals surface area contributed by atoms with E-state index in [2.05, 4.69) is 38.5 Å². The highest BCUT2D eigenvalue weighted by atomic mass is 127. The molecule has 0 N–H and O–H groups in total. The fraction of sp³-hybridized carbons (Fsp3) is 0.133. The highest BCUT2D eigenvalue weighted by Crippen LogP contribution is 2.23. The summed E-state index contributed by atoms with van der Waals surface area (Å²) in [5.74, 6) is 0.0848. The monoisotopic (exact) mass is 414 g/mol. The van der Waals surface area contributed by atoms with Crippen LogP contribution in [0.25, 0.3) is 0 Å². The summed E-state index contributed by atoms with van der Waals surface area (Å²) in [4.78, 5) is 12.5. The van der Waals surface area contributed by atoms with Crippen LogP contribution in [0.3, 0.4) is 0 Å². The second-order valence-corrected chi connectivity index (χ2v) is 6.36. The molecule has 0 aliphatic heterocycles. The van der Waals surface area contributed by atoms with Crippen molar-refractivity contribution in [1.82, 2.24) is 0 Å². The maximum absolute atomic E-state index is 12.5. The smallest absolute Gasteiger partial charge is 0.193 e. The summed E-state index contributed by atoms with van der Waals surface area (Å²) in [6.45, 7) is 3.96. The van der Waals surface area contributed by atoms with Crippen molar-refractivity contribution in [1.29, 1.82) is 0 Å². The Balaban J connectivity index is 2.49. The lowest BCUT2D eigenvalue weighted by Crippen LogP contribution is -2.04. The molecule has 2 aromatic carbocycles. The second kappa shape index (κ2) is 5.53. The molecule has 1 nitrogen and oxygen atoms in total. The Morgan fingerprint density at radius 3 is 2.50 bits per heavy atom. The van der Waals surface area contributed by atoms with Crippen molar-refractivity contribution in [3.8, 4) is 0 Å². The first-order valence-electron chi connectivity index (χ1n) is 5.56. The molecule has 0 saturated carbocycles. The number of rotatable bonds is 2. The Labute approximate surface area is 129 Å². The Morgan fingerprint density at radius 1 is 1.11 bits per heavy atom. The van der Waals surface area contributed by atoms with Crippen LogP contribution >= 0.6 is 38.5 Å². The Kier molecular flexibility index (Phi) is 4.22. The van der Waals surface area contributed by atoms with E-state index in [1.54, 1.807) is 0 Å². The van der Waals surface area contributed by atoms with Gasteiger partial charge in [-0.3, -0.25) is 4.79 Å². The van der Waals surface area contributed by atoms with Crippen LogP contribution in [-0.4, -0.2) is 5.78 Å². The number of ketones is 1. The summed E-state index contributed by atoms with van der Waals surface area (Å²) in [6.07, 6.45) is 0. The molecule has 3 heteroatoms. The van der Waals surface area contributed by atoms with Gasteiger partial charge in [-0.15, -0.1) is 0 Å². The third kappa shape index (κ3) is 2.83. The van der Waals surface area contributed by atoms with E-state index in [1.807, 2.05) is 50.2 Å². The van der Waals surface area contributed by atoms with Crippen LogP contribution in [0.1, 0.15) is 27.0 Å². The van der Waals surface area contributed by atoms with Gasteiger partial charge < -0.3 is 0 Å². The van der Waals surface area contributed by atoms with Gasteiger partial charge in [0, 0.05) is 19.2 Å². The van der Waals surface area contributed by atoms with Crippen LogP contribution in [0.15, 0.2) is 40.9 Å². The van der Waals surface area contributed by atoms with Crippen LogP contribution in [0.4, 0.5) is 0 Å². The molecule has 0 amide bonds. The summed E-state index contributed by atoms with van der Waals surface area (Å²) in [5, 5.41) is 0. The first-order valence-corrected chi connectivity index (χ1v) is 7.43. The summed E-state index contributed by atoms with van der Waals surface area (Å²) in [7, 11) is 0. The zero-order valence-electron chi connectivity index (χ0n) is 10.1. The molecule has 0 heterocycles. The van der Waals surface area contributed by atoms with Crippen molar-refractivity contribution in [2.75, 3.05) is 0 Å². The Morgan fingerprint density at radius 2 is 1.83 bits per heavy atom. The van der Waals surface area contributed by atoms with Gasteiger partial charge in [0.2, 0.25) is 0 Å². The molecule has 0 radical (unpaired) electrons. The lowest BCUT2D eigenvalue weighted by molar-refractivity contribution is 0.103. The maximum atomic E-state index is 12.5. The molecule has 0 aromatic heterocycles. The number of benzene rings is 2. The van der Waals surface area contributed by atoms with E-state index in [0.29, 0.717) is 0 Å². The van der Waals surface area contributed by atoms with Gasteiger partial charge >= 0.3 is 0 Å². The first kappa shape index (κ1) is 13.7. The molecule has 2 rings (SSSR count). The van der Waals surface area contributed by atoms with E-state index in [9.17, 15) is 4.79 Å². The largest absolute Gasteiger partial charge is 0.289 e. The predicted molar refractivity (Wildman–Crippen MR) is 86.2 cm³/mol. The van der Waals surface area contributed by atoms with Crippen LogP contribution in [-0.2, 0) is 0 Å². The van der Waals surface area contributed by atoms with E-state index in [4.69, 9.17) is 0 Å². The molecule has 0 spiro atoms. The lowest BCUT2D eigenvalue weighted by atomic mass is 9.97. The molecule has 0 bridgehead atoms. The normalized spacial score (nSPS) is 10.4. The second-order valence-electron chi connectivity index (χ2n) is 4.26. The standard InChI is InChI=1S/C15H12BrIO/c1-9-7-14(16)10(2)6-13(9)15(18)11-4-3-5-12(17)8-11/h3-8H,1-2H3. The predicted octanol–water partition coefficient (Wildman–Crippen LogP) is 4.90. The Hall–Kier alpha value is -0.680. The maximum Gasteiger partial charge on any atom is 0.193 e. The molecule has 0 fully saturated rings. The number of halogens is 2. The molecular formula is C15H12BrIO. The van der Waals surface area contributed by atoms with E-state index < -0.39 is 0 Å². The van der Waals surface area contributed by atoms with E-state index in [-0.39, 0.29) is 5.78 Å². The van der Waals surface area contributed by atoms with Gasteiger partial charge in [0.25, 0.3) is 0 Å². The molecule has 0 atom stereocenters. The van der Waals surface area contributed by atoms with Crippen molar-refractivity contribution in [2.45, 2.75) is 13.8 Å². The SMILES string of the molecule is Cc1cc(C(=O)c2cccc(I)c2)c(C)cc1Br. The van der Waals surface area contributed by atoms with Crippen molar-refractivity contribution < 1.29 is 4.79 Å². The van der Waals surface area contributed by atoms with Gasteiger partial charge in [0.05, 0.1) is 0 Å². The molecular weight excluding hydrogens is 403 g/mol. The van der Waals surface area contributed by atoms with Gasteiger partial charge in [0.1, 0.15) is 0 Å².